The molecule has 0 aromatic carbocycles. The second-order valence-electron chi connectivity index (χ2n) is 5.21. The lowest BCUT2D eigenvalue weighted by molar-refractivity contribution is -0.150. The molecule has 2 unspecified atom stereocenters. The second-order valence-corrected chi connectivity index (χ2v) is 5.21. The van der Waals surface area contributed by atoms with Gasteiger partial charge in [0, 0.05) is 30.8 Å². The second kappa shape index (κ2) is 4.89. The molecule has 0 saturated carbocycles. The van der Waals surface area contributed by atoms with Crippen LogP contribution in [0.15, 0.2) is 11.8 Å². The quantitative estimate of drug-likeness (QED) is 0.691. The van der Waals surface area contributed by atoms with Crippen molar-refractivity contribution in [2.45, 2.75) is 46.8 Å². The highest BCUT2D eigenvalue weighted by molar-refractivity contribution is 5.84. The molecular weight excluding hydrogens is 202 g/mol. The van der Waals surface area contributed by atoms with Gasteiger partial charge in [-0.05, 0) is 19.8 Å². The molecule has 0 aliphatic carbocycles. The van der Waals surface area contributed by atoms with Crippen molar-refractivity contribution in [1.29, 1.82) is 0 Å². The normalized spacial score (nSPS) is 25.8. The molecule has 3 heteroatoms. The zero-order valence-electron chi connectivity index (χ0n) is 11.2. The highest BCUT2D eigenvalue weighted by atomic mass is 16.5. The fourth-order valence-corrected chi connectivity index (χ4v) is 2.13. The number of carbonyl (C=O) groups is 1. The maximum Gasteiger partial charge on any atom is 0.332 e. The van der Waals surface area contributed by atoms with E-state index in [1.807, 2.05) is 7.05 Å². The van der Waals surface area contributed by atoms with Gasteiger partial charge in [0.15, 0.2) is 0 Å². The fourth-order valence-electron chi connectivity index (χ4n) is 2.13. The Balaban J connectivity index is 2.95. The zero-order chi connectivity index (χ0) is 12.5. The van der Waals surface area contributed by atoms with E-state index in [0.29, 0.717) is 12.0 Å². The molecule has 0 fully saturated rings. The van der Waals surface area contributed by atoms with Crippen molar-refractivity contribution in [1.82, 2.24) is 4.90 Å². The Morgan fingerprint density at radius 3 is 2.31 bits per heavy atom. The smallest absolute Gasteiger partial charge is 0.332 e. The number of nitrogens with zero attached hydrogens (tertiary/aromatic N) is 1. The molecule has 1 aliphatic heterocycles. The first-order chi connectivity index (χ1) is 7.34. The van der Waals surface area contributed by atoms with Crippen LogP contribution in [0.25, 0.3) is 0 Å². The van der Waals surface area contributed by atoms with E-state index in [-0.39, 0.29) is 18.0 Å². The van der Waals surface area contributed by atoms with Crippen molar-refractivity contribution in [3.05, 3.63) is 11.8 Å². The van der Waals surface area contributed by atoms with Gasteiger partial charge in [-0.2, -0.15) is 0 Å². The van der Waals surface area contributed by atoms with Crippen molar-refractivity contribution in [2.24, 2.45) is 11.8 Å². The third-order valence-corrected chi connectivity index (χ3v) is 3.32. The van der Waals surface area contributed by atoms with Crippen molar-refractivity contribution in [3.8, 4) is 0 Å². The average molecular weight is 225 g/mol. The average Bonchev–Trinajstić information content (AvgIpc) is 2.19. The maximum absolute atomic E-state index is 11.5. The van der Waals surface area contributed by atoms with E-state index in [1.54, 1.807) is 6.08 Å². The summed E-state index contributed by atoms with van der Waals surface area (Å²) in [5.41, 5.74) is 1.09. The first kappa shape index (κ1) is 13.1. The van der Waals surface area contributed by atoms with Gasteiger partial charge < -0.3 is 9.64 Å². The molecule has 0 aromatic rings. The first-order valence-corrected chi connectivity index (χ1v) is 5.99. The van der Waals surface area contributed by atoms with Crippen LogP contribution in [0.1, 0.15) is 34.6 Å². The highest BCUT2D eigenvalue weighted by Crippen LogP contribution is 2.30. The molecule has 2 atom stereocenters. The number of hydrogen-bond acceptors (Lipinski definition) is 3. The SMILES string of the molecule is CC(C)C1OC(=O)C=C(N(C)C(C)C)C1C. The number of hydrogen-bond donors (Lipinski definition) is 0. The van der Waals surface area contributed by atoms with Crippen LogP contribution in [0, 0.1) is 11.8 Å². The summed E-state index contributed by atoms with van der Waals surface area (Å²) in [5.74, 6) is 0.410. The Bertz CT molecular complexity index is 294. The summed E-state index contributed by atoms with van der Waals surface area (Å²) < 4.78 is 5.38. The summed E-state index contributed by atoms with van der Waals surface area (Å²) in [6, 6.07) is 0.396. The van der Waals surface area contributed by atoms with E-state index in [2.05, 4.69) is 39.5 Å². The van der Waals surface area contributed by atoms with E-state index in [4.69, 9.17) is 4.74 Å². The van der Waals surface area contributed by atoms with Crippen molar-refractivity contribution in [3.63, 3.8) is 0 Å². The van der Waals surface area contributed by atoms with E-state index in [9.17, 15) is 4.79 Å². The molecule has 92 valence electrons. The van der Waals surface area contributed by atoms with E-state index >= 15 is 0 Å². The number of ether oxygens (including phenoxy) is 1. The van der Waals surface area contributed by atoms with Gasteiger partial charge in [0.25, 0.3) is 0 Å². The van der Waals surface area contributed by atoms with Crippen LogP contribution < -0.4 is 0 Å². The summed E-state index contributed by atoms with van der Waals surface area (Å²) in [6.07, 6.45) is 1.62. The molecular formula is C13H23NO2. The standard InChI is InChI=1S/C13H23NO2/c1-8(2)13-10(5)11(7-12(15)16-13)14(6)9(3)4/h7-10,13H,1-6H3. The van der Waals surface area contributed by atoms with Crippen LogP contribution in [0.3, 0.4) is 0 Å². The Labute approximate surface area is 98.5 Å². The summed E-state index contributed by atoms with van der Waals surface area (Å²) >= 11 is 0. The molecule has 0 N–H and O–H groups in total. The van der Waals surface area contributed by atoms with Gasteiger partial charge in [-0.25, -0.2) is 4.79 Å². The molecule has 0 bridgehead atoms. The monoisotopic (exact) mass is 225 g/mol. The molecule has 0 saturated heterocycles. The van der Waals surface area contributed by atoms with Gasteiger partial charge >= 0.3 is 5.97 Å². The lowest BCUT2D eigenvalue weighted by Crippen LogP contribution is -2.41. The third kappa shape index (κ3) is 2.57. The predicted molar refractivity (Wildman–Crippen MR) is 64.9 cm³/mol. The topological polar surface area (TPSA) is 29.5 Å². The molecule has 0 spiro atoms. The van der Waals surface area contributed by atoms with Crippen LogP contribution in [-0.4, -0.2) is 30.1 Å². The third-order valence-electron chi connectivity index (χ3n) is 3.32. The van der Waals surface area contributed by atoms with E-state index < -0.39 is 0 Å². The van der Waals surface area contributed by atoms with Crippen LogP contribution in [0.5, 0.6) is 0 Å². The number of cyclic esters (lactones) is 1. The van der Waals surface area contributed by atoms with Gasteiger partial charge in [0.1, 0.15) is 6.10 Å². The number of carbonyl (C=O) groups excluding carboxylic acids is 1. The van der Waals surface area contributed by atoms with E-state index in [1.165, 1.54) is 0 Å². The summed E-state index contributed by atoms with van der Waals surface area (Å²) in [4.78, 5) is 13.7. The van der Waals surface area contributed by atoms with Crippen LogP contribution in [0.2, 0.25) is 0 Å². The highest BCUT2D eigenvalue weighted by Gasteiger charge is 2.33. The summed E-state index contributed by atoms with van der Waals surface area (Å²) in [6.45, 7) is 10.6. The fraction of sp³-hybridized carbons (Fsp3) is 0.769. The predicted octanol–water partition coefficient (Wildman–Crippen LogP) is 2.43. The van der Waals surface area contributed by atoms with E-state index in [0.717, 1.165) is 5.70 Å². The van der Waals surface area contributed by atoms with Crippen LogP contribution in [0.4, 0.5) is 0 Å². The largest absolute Gasteiger partial charge is 0.458 e. The van der Waals surface area contributed by atoms with Crippen molar-refractivity contribution < 1.29 is 9.53 Å². The minimum absolute atomic E-state index is 0.00583. The molecule has 1 heterocycles. The van der Waals surface area contributed by atoms with Gasteiger partial charge in [0.05, 0.1) is 0 Å². The summed E-state index contributed by atoms with van der Waals surface area (Å²) in [5, 5.41) is 0. The lowest BCUT2D eigenvalue weighted by Gasteiger charge is -2.38. The Morgan fingerprint density at radius 1 is 1.31 bits per heavy atom. The van der Waals surface area contributed by atoms with Crippen molar-refractivity contribution >= 4 is 5.97 Å². The number of esters is 1. The molecule has 3 nitrogen and oxygen atoms in total. The Hall–Kier alpha value is -0.990. The molecule has 0 amide bonds. The lowest BCUT2D eigenvalue weighted by atomic mass is 9.89. The maximum atomic E-state index is 11.5. The number of rotatable bonds is 3. The van der Waals surface area contributed by atoms with Crippen molar-refractivity contribution in [2.75, 3.05) is 7.05 Å². The minimum atomic E-state index is -0.209. The summed E-state index contributed by atoms with van der Waals surface area (Å²) in [7, 11) is 2.03. The van der Waals surface area contributed by atoms with Gasteiger partial charge in [-0.1, -0.05) is 20.8 Å². The van der Waals surface area contributed by atoms with Crippen LogP contribution >= 0.6 is 0 Å². The molecule has 1 aliphatic rings. The van der Waals surface area contributed by atoms with Gasteiger partial charge in [0.2, 0.25) is 0 Å². The van der Waals surface area contributed by atoms with Gasteiger partial charge in [-0.15, -0.1) is 0 Å². The zero-order valence-corrected chi connectivity index (χ0v) is 11.2. The molecule has 16 heavy (non-hydrogen) atoms. The Kier molecular flexibility index (Phi) is 4.00. The van der Waals surface area contributed by atoms with Crippen LogP contribution in [-0.2, 0) is 9.53 Å². The first-order valence-electron chi connectivity index (χ1n) is 5.99. The Morgan fingerprint density at radius 2 is 1.88 bits per heavy atom. The van der Waals surface area contributed by atoms with Gasteiger partial charge in [-0.3, -0.25) is 0 Å². The molecule has 0 aromatic heterocycles. The molecule has 1 rings (SSSR count). The minimum Gasteiger partial charge on any atom is -0.458 e. The molecule has 0 radical (unpaired) electrons.